The molecular weight excluding hydrogens is 450 g/mol. The normalized spacial score (nSPS) is 10.8. The molecule has 0 aliphatic carbocycles. The fraction of sp³-hybridized carbons (Fsp3) is 0.391. The summed E-state index contributed by atoms with van der Waals surface area (Å²) < 4.78 is 6.36. The van der Waals surface area contributed by atoms with Crippen molar-refractivity contribution in [3.05, 3.63) is 48.5 Å². The van der Waals surface area contributed by atoms with Gasteiger partial charge in [0.25, 0.3) is 0 Å². The molecule has 8 heteroatoms. The number of hydrogen-bond donors (Lipinski definition) is 0. The van der Waals surface area contributed by atoms with Gasteiger partial charge >= 0.3 is 0 Å². The highest BCUT2D eigenvalue weighted by atomic mass is 35.5. The van der Waals surface area contributed by atoms with Gasteiger partial charge in [-0.3, -0.25) is 9.69 Å². The van der Waals surface area contributed by atoms with Crippen LogP contribution in [0.4, 0.5) is 5.13 Å². The molecule has 0 fully saturated rings. The van der Waals surface area contributed by atoms with Crippen LogP contribution in [0.2, 0.25) is 0 Å². The third-order valence-electron chi connectivity index (χ3n) is 4.65. The van der Waals surface area contributed by atoms with Gasteiger partial charge in [0.1, 0.15) is 5.75 Å². The van der Waals surface area contributed by atoms with E-state index in [1.807, 2.05) is 41.3 Å². The Balaban J connectivity index is 0.00000341. The van der Waals surface area contributed by atoms with E-state index >= 15 is 0 Å². The average molecular weight is 480 g/mol. The Hall–Kier alpha value is -1.80. The van der Waals surface area contributed by atoms with Crippen molar-refractivity contribution in [2.75, 3.05) is 44.9 Å². The Morgan fingerprint density at radius 1 is 1.10 bits per heavy atom. The lowest BCUT2D eigenvalue weighted by Gasteiger charge is -2.21. The molecule has 0 bridgehead atoms. The maximum Gasteiger partial charge on any atom is 0.228 e. The Morgan fingerprint density at radius 3 is 2.58 bits per heavy atom. The summed E-state index contributed by atoms with van der Waals surface area (Å²) in [6.07, 6.45) is 2.29. The molecule has 1 heterocycles. The first-order valence-corrected chi connectivity index (χ1v) is 11.9. The molecule has 0 saturated heterocycles. The van der Waals surface area contributed by atoms with Crippen molar-refractivity contribution in [1.29, 1.82) is 0 Å². The number of fused-ring (bicyclic) bond motifs is 1. The van der Waals surface area contributed by atoms with E-state index in [1.54, 1.807) is 30.2 Å². The number of methoxy groups -OCH3 is 1. The Labute approximate surface area is 199 Å². The predicted octanol–water partition coefficient (Wildman–Crippen LogP) is 5.58. The minimum absolute atomic E-state index is 0. The summed E-state index contributed by atoms with van der Waals surface area (Å²) in [6.45, 7) is 1.62. The molecule has 1 aromatic heterocycles. The van der Waals surface area contributed by atoms with E-state index < -0.39 is 0 Å². The van der Waals surface area contributed by atoms with Crippen LogP contribution in [0.5, 0.6) is 5.75 Å². The lowest BCUT2D eigenvalue weighted by Crippen LogP contribution is -2.33. The molecule has 0 unspecified atom stereocenters. The smallest absolute Gasteiger partial charge is 0.228 e. The van der Waals surface area contributed by atoms with Crippen LogP contribution in [0.25, 0.3) is 10.2 Å². The van der Waals surface area contributed by atoms with Crippen LogP contribution in [-0.4, -0.2) is 55.8 Å². The Bertz CT molecular complexity index is 950. The van der Waals surface area contributed by atoms with Crippen LogP contribution in [-0.2, 0) is 4.79 Å². The maximum atomic E-state index is 13.1. The zero-order valence-electron chi connectivity index (χ0n) is 18.2. The van der Waals surface area contributed by atoms with E-state index in [-0.39, 0.29) is 18.3 Å². The minimum atomic E-state index is 0. The fourth-order valence-electron chi connectivity index (χ4n) is 3.07. The third kappa shape index (κ3) is 7.68. The van der Waals surface area contributed by atoms with Crippen molar-refractivity contribution in [2.45, 2.75) is 24.2 Å². The Kier molecular flexibility index (Phi) is 10.6. The van der Waals surface area contributed by atoms with Gasteiger partial charge in [-0.25, -0.2) is 4.98 Å². The zero-order valence-corrected chi connectivity index (χ0v) is 20.7. The lowest BCUT2D eigenvalue weighted by molar-refractivity contribution is -0.118. The van der Waals surface area contributed by atoms with Crippen molar-refractivity contribution in [3.63, 3.8) is 0 Å². The van der Waals surface area contributed by atoms with Crippen molar-refractivity contribution in [2.24, 2.45) is 0 Å². The summed E-state index contributed by atoms with van der Waals surface area (Å²) in [4.78, 5) is 23.1. The molecule has 0 radical (unpaired) electrons. The molecule has 31 heavy (non-hydrogen) atoms. The number of halogens is 1. The first kappa shape index (κ1) is 25.5. The molecule has 2 aromatic carbocycles. The summed E-state index contributed by atoms with van der Waals surface area (Å²) in [5.41, 5.74) is 0.904. The maximum absolute atomic E-state index is 13.1. The van der Waals surface area contributed by atoms with Crippen LogP contribution in [0, 0.1) is 0 Å². The number of ether oxygens (including phenoxy) is 1. The third-order valence-corrected chi connectivity index (χ3v) is 6.79. The van der Waals surface area contributed by atoms with Gasteiger partial charge in [-0.05, 0) is 69.6 Å². The summed E-state index contributed by atoms with van der Waals surface area (Å²) >= 11 is 3.35. The summed E-state index contributed by atoms with van der Waals surface area (Å²) in [7, 11) is 5.77. The number of amides is 1. The van der Waals surface area contributed by atoms with Crippen molar-refractivity contribution < 1.29 is 9.53 Å². The van der Waals surface area contributed by atoms with E-state index in [4.69, 9.17) is 9.72 Å². The highest BCUT2D eigenvalue weighted by Gasteiger charge is 2.19. The zero-order chi connectivity index (χ0) is 21.3. The second kappa shape index (κ2) is 12.9. The highest BCUT2D eigenvalue weighted by Crippen LogP contribution is 2.32. The van der Waals surface area contributed by atoms with Crippen LogP contribution in [0.15, 0.2) is 53.4 Å². The van der Waals surface area contributed by atoms with Gasteiger partial charge in [-0.2, -0.15) is 0 Å². The van der Waals surface area contributed by atoms with E-state index in [2.05, 4.69) is 31.1 Å². The standard InChI is InChI=1S/C23H29N3O2S2.ClH/c1-25(2)14-8-15-26(22(27)11-7-16-29-19-9-5-4-6-10-19)23-24-20-13-12-18(28-3)17-21(20)30-23;/h4-6,9-10,12-13,17H,7-8,11,14-16H2,1-3H3;1H. The molecule has 0 aliphatic heterocycles. The van der Waals surface area contributed by atoms with Gasteiger partial charge in [0, 0.05) is 17.9 Å². The quantitative estimate of drug-likeness (QED) is 0.265. The van der Waals surface area contributed by atoms with Gasteiger partial charge in [0.2, 0.25) is 5.91 Å². The van der Waals surface area contributed by atoms with Crippen molar-refractivity contribution in [3.8, 4) is 5.75 Å². The number of anilines is 1. The van der Waals surface area contributed by atoms with E-state index in [9.17, 15) is 4.79 Å². The molecule has 3 rings (SSSR count). The predicted molar refractivity (Wildman–Crippen MR) is 135 cm³/mol. The molecule has 0 N–H and O–H groups in total. The van der Waals surface area contributed by atoms with Gasteiger partial charge < -0.3 is 9.64 Å². The highest BCUT2D eigenvalue weighted by molar-refractivity contribution is 7.99. The summed E-state index contributed by atoms with van der Waals surface area (Å²) in [6, 6.07) is 16.2. The molecular formula is C23H30ClN3O2S2. The van der Waals surface area contributed by atoms with Crippen LogP contribution < -0.4 is 9.64 Å². The number of rotatable bonds is 11. The number of thiazole rings is 1. The second-order valence-electron chi connectivity index (χ2n) is 7.30. The number of nitrogens with zero attached hydrogens (tertiary/aromatic N) is 3. The molecule has 1 amide bonds. The second-order valence-corrected chi connectivity index (χ2v) is 9.47. The van der Waals surface area contributed by atoms with Crippen LogP contribution in [0.1, 0.15) is 19.3 Å². The monoisotopic (exact) mass is 479 g/mol. The average Bonchev–Trinajstić information content (AvgIpc) is 3.17. The molecule has 0 spiro atoms. The molecule has 0 aliphatic rings. The summed E-state index contributed by atoms with van der Waals surface area (Å²) in [5.74, 6) is 1.88. The van der Waals surface area contributed by atoms with Crippen LogP contribution >= 0.6 is 35.5 Å². The van der Waals surface area contributed by atoms with Gasteiger partial charge in [0.15, 0.2) is 5.13 Å². The number of carbonyl (C=O) groups is 1. The minimum Gasteiger partial charge on any atom is -0.497 e. The lowest BCUT2D eigenvalue weighted by atomic mass is 10.3. The Morgan fingerprint density at radius 2 is 1.87 bits per heavy atom. The number of benzene rings is 2. The van der Waals surface area contributed by atoms with Crippen molar-refractivity contribution >= 4 is 56.8 Å². The van der Waals surface area contributed by atoms with E-state index in [1.165, 1.54) is 4.90 Å². The van der Waals surface area contributed by atoms with Gasteiger partial charge in [-0.1, -0.05) is 29.5 Å². The number of hydrogen-bond acceptors (Lipinski definition) is 6. The SMILES string of the molecule is COc1ccc2nc(N(CCCN(C)C)C(=O)CCCSc3ccccc3)sc2c1.Cl. The van der Waals surface area contributed by atoms with E-state index in [0.29, 0.717) is 13.0 Å². The molecule has 3 aromatic rings. The first-order chi connectivity index (χ1) is 14.6. The largest absolute Gasteiger partial charge is 0.497 e. The first-order valence-electron chi connectivity index (χ1n) is 10.1. The molecule has 5 nitrogen and oxygen atoms in total. The van der Waals surface area contributed by atoms with Crippen molar-refractivity contribution in [1.82, 2.24) is 9.88 Å². The van der Waals surface area contributed by atoms with Gasteiger partial charge in [0.05, 0.1) is 17.3 Å². The number of thioether (sulfide) groups is 1. The molecule has 0 saturated carbocycles. The van der Waals surface area contributed by atoms with E-state index in [0.717, 1.165) is 46.2 Å². The topological polar surface area (TPSA) is 45.7 Å². The van der Waals surface area contributed by atoms with Gasteiger partial charge in [-0.15, -0.1) is 24.2 Å². The van der Waals surface area contributed by atoms with Crippen LogP contribution in [0.3, 0.4) is 0 Å². The molecule has 0 atom stereocenters. The number of carbonyl (C=O) groups excluding carboxylic acids is 1. The number of aromatic nitrogens is 1. The fourth-order valence-corrected chi connectivity index (χ4v) is 4.98. The molecule has 168 valence electrons. The summed E-state index contributed by atoms with van der Waals surface area (Å²) in [5, 5.41) is 0.776.